The van der Waals surface area contributed by atoms with E-state index in [1.165, 1.54) is 0 Å². The molecule has 3 aromatic rings. The predicted molar refractivity (Wildman–Crippen MR) is 104 cm³/mol. The van der Waals surface area contributed by atoms with Gasteiger partial charge in [-0.05, 0) is 53.2 Å². The van der Waals surface area contributed by atoms with E-state index in [0.717, 1.165) is 52.0 Å². The van der Waals surface area contributed by atoms with Gasteiger partial charge in [0.25, 0.3) is 5.91 Å². The van der Waals surface area contributed by atoms with E-state index in [0.29, 0.717) is 5.76 Å². The van der Waals surface area contributed by atoms with Gasteiger partial charge in [-0.2, -0.15) is 5.10 Å². The molecule has 0 bridgehead atoms. The van der Waals surface area contributed by atoms with Crippen LogP contribution in [0.25, 0.3) is 11.0 Å². The van der Waals surface area contributed by atoms with Crippen LogP contribution in [0.1, 0.15) is 64.9 Å². The van der Waals surface area contributed by atoms with Gasteiger partial charge in [-0.25, -0.2) is 0 Å². The van der Waals surface area contributed by atoms with Crippen molar-refractivity contribution in [3.63, 3.8) is 0 Å². The largest absolute Gasteiger partial charge is 0.451 e. The molecule has 0 spiro atoms. The second-order valence-corrected chi connectivity index (χ2v) is 6.89. The van der Waals surface area contributed by atoms with Gasteiger partial charge in [0.1, 0.15) is 5.58 Å². The van der Waals surface area contributed by atoms with Crippen molar-refractivity contribution in [2.75, 3.05) is 0 Å². The maximum Gasteiger partial charge on any atom is 0.287 e. The quantitative estimate of drug-likeness (QED) is 0.719. The Bertz CT molecular complexity index is 965. The van der Waals surface area contributed by atoms with Crippen LogP contribution in [-0.2, 0) is 6.54 Å². The molecule has 0 aliphatic heterocycles. The van der Waals surface area contributed by atoms with Gasteiger partial charge in [-0.3, -0.25) is 9.48 Å². The predicted octanol–water partition coefficient (Wildman–Crippen LogP) is 4.76. The van der Waals surface area contributed by atoms with E-state index < -0.39 is 0 Å². The second kappa shape index (κ2) is 6.98. The highest BCUT2D eigenvalue weighted by molar-refractivity contribution is 5.99. The monoisotopic (exact) mass is 353 g/mol. The number of nitrogens with zero attached hydrogens (tertiary/aromatic N) is 2. The average Bonchev–Trinajstić information content (AvgIpc) is 3.09. The Morgan fingerprint density at radius 3 is 2.58 bits per heavy atom. The first kappa shape index (κ1) is 18.2. The molecular formula is C21H27N3O2. The van der Waals surface area contributed by atoms with Crippen LogP contribution in [-0.4, -0.2) is 15.7 Å². The van der Waals surface area contributed by atoms with Crippen LogP contribution < -0.4 is 5.32 Å². The molecule has 0 fully saturated rings. The molecule has 2 heterocycles. The summed E-state index contributed by atoms with van der Waals surface area (Å²) in [7, 11) is 0. The molecule has 0 saturated carbocycles. The van der Waals surface area contributed by atoms with Gasteiger partial charge in [0.15, 0.2) is 5.76 Å². The maximum atomic E-state index is 12.9. The SMILES string of the molecule is CC[C@@H](NC(=O)c1oc2ccc(C)cc2c1C)c1c(C)nn(CC)c1C. The summed E-state index contributed by atoms with van der Waals surface area (Å²) in [6.45, 7) is 13.0. The third-order valence-electron chi connectivity index (χ3n) is 5.10. The molecule has 0 radical (unpaired) electrons. The summed E-state index contributed by atoms with van der Waals surface area (Å²) in [6.07, 6.45) is 0.793. The summed E-state index contributed by atoms with van der Waals surface area (Å²) in [4.78, 5) is 12.9. The Morgan fingerprint density at radius 2 is 1.96 bits per heavy atom. The molecule has 1 atom stereocenters. The third-order valence-corrected chi connectivity index (χ3v) is 5.10. The lowest BCUT2D eigenvalue weighted by Crippen LogP contribution is -2.29. The van der Waals surface area contributed by atoms with E-state index in [2.05, 4.69) is 37.3 Å². The summed E-state index contributed by atoms with van der Waals surface area (Å²) in [5.74, 6) is 0.216. The van der Waals surface area contributed by atoms with E-state index in [4.69, 9.17) is 4.42 Å². The molecule has 3 rings (SSSR count). The summed E-state index contributed by atoms with van der Waals surface area (Å²) in [6, 6.07) is 5.89. The van der Waals surface area contributed by atoms with Crippen molar-refractivity contribution in [1.29, 1.82) is 0 Å². The molecule has 1 N–H and O–H groups in total. The average molecular weight is 353 g/mol. The second-order valence-electron chi connectivity index (χ2n) is 6.89. The fourth-order valence-electron chi connectivity index (χ4n) is 3.68. The van der Waals surface area contributed by atoms with Crippen molar-refractivity contribution < 1.29 is 9.21 Å². The Hall–Kier alpha value is -2.56. The van der Waals surface area contributed by atoms with Crippen molar-refractivity contribution in [2.45, 2.75) is 60.5 Å². The van der Waals surface area contributed by atoms with Gasteiger partial charge in [0.05, 0.1) is 11.7 Å². The van der Waals surface area contributed by atoms with E-state index in [1.54, 1.807) is 0 Å². The molecule has 5 heteroatoms. The number of carbonyl (C=O) groups is 1. The van der Waals surface area contributed by atoms with Crippen molar-refractivity contribution in [3.8, 4) is 0 Å². The Labute approximate surface area is 154 Å². The molecule has 1 amide bonds. The minimum atomic E-state index is -0.175. The zero-order valence-electron chi connectivity index (χ0n) is 16.4. The molecule has 2 aromatic heterocycles. The van der Waals surface area contributed by atoms with Crippen LogP contribution in [0.4, 0.5) is 0 Å². The highest BCUT2D eigenvalue weighted by atomic mass is 16.3. The minimum Gasteiger partial charge on any atom is -0.451 e. The lowest BCUT2D eigenvalue weighted by Gasteiger charge is -2.17. The van der Waals surface area contributed by atoms with Crippen molar-refractivity contribution >= 4 is 16.9 Å². The number of hydrogen-bond donors (Lipinski definition) is 1. The highest BCUT2D eigenvalue weighted by Gasteiger charge is 2.24. The van der Waals surface area contributed by atoms with Crippen LogP contribution in [0.5, 0.6) is 0 Å². The van der Waals surface area contributed by atoms with Crippen LogP contribution in [0, 0.1) is 27.7 Å². The van der Waals surface area contributed by atoms with Crippen LogP contribution in [0.15, 0.2) is 22.6 Å². The van der Waals surface area contributed by atoms with Gasteiger partial charge in [0.2, 0.25) is 0 Å². The number of furan rings is 1. The van der Waals surface area contributed by atoms with Crippen molar-refractivity contribution in [2.24, 2.45) is 0 Å². The van der Waals surface area contributed by atoms with Crippen molar-refractivity contribution in [1.82, 2.24) is 15.1 Å². The number of hydrogen-bond acceptors (Lipinski definition) is 3. The maximum absolute atomic E-state index is 12.9. The molecule has 0 aliphatic rings. The first-order chi connectivity index (χ1) is 12.4. The normalized spacial score (nSPS) is 12.5. The number of aromatic nitrogens is 2. The number of benzene rings is 1. The fraction of sp³-hybridized carbons (Fsp3) is 0.429. The number of amides is 1. The molecule has 5 nitrogen and oxygen atoms in total. The lowest BCUT2D eigenvalue weighted by molar-refractivity contribution is 0.0908. The summed E-state index contributed by atoms with van der Waals surface area (Å²) < 4.78 is 7.83. The highest BCUT2D eigenvalue weighted by Crippen LogP contribution is 2.28. The van der Waals surface area contributed by atoms with Crippen molar-refractivity contribution in [3.05, 3.63) is 52.0 Å². The van der Waals surface area contributed by atoms with Gasteiger partial charge >= 0.3 is 0 Å². The third kappa shape index (κ3) is 3.02. The zero-order valence-corrected chi connectivity index (χ0v) is 16.4. The minimum absolute atomic E-state index is 0.0860. The zero-order chi connectivity index (χ0) is 19.0. The van der Waals surface area contributed by atoms with Gasteiger partial charge in [-0.1, -0.05) is 18.6 Å². The number of rotatable bonds is 5. The van der Waals surface area contributed by atoms with E-state index >= 15 is 0 Å². The lowest BCUT2D eigenvalue weighted by atomic mass is 10.0. The molecule has 1 aromatic carbocycles. The topological polar surface area (TPSA) is 60.1 Å². The summed E-state index contributed by atoms with van der Waals surface area (Å²) in [5.41, 5.74) is 5.96. The molecule has 0 unspecified atom stereocenters. The molecule has 0 saturated heterocycles. The number of carbonyl (C=O) groups excluding carboxylic acids is 1. The summed E-state index contributed by atoms with van der Waals surface area (Å²) in [5, 5.41) is 8.73. The smallest absolute Gasteiger partial charge is 0.287 e. The Balaban J connectivity index is 1.93. The molecule has 26 heavy (non-hydrogen) atoms. The van der Waals surface area contributed by atoms with Crippen LogP contribution in [0.3, 0.4) is 0 Å². The van der Waals surface area contributed by atoms with Crippen LogP contribution in [0.2, 0.25) is 0 Å². The standard InChI is InChI=1S/C21H27N3O2/c1-7-17(19-14(5)23-24(8-2)15(19)6)22-21(25)20-13(4)16-11-12(3)9-10-18(16)26-20/h9-11,17H,7-8H2,1-6H3,(H,22,25)/t17-/m1/s1. The van der Waals surface area contributed by atoms with Crippen LogP contribution >= 0.6 is 0 Å². The van der Waals surface area contributed by atoms with Gasteiger partial charge in [-0.15, -0.1) is 0 Å². The Kier molecular flexibility index (Phi) is 4.90. The number of nitrogens with one attached hydrogen (secondary N) is 1. The van der Waals surface area contributed by atoms with E-state index in [1.807, 2.05) is 37.6 Å². The fourth-order valence-corrected chi connectivity index (χ4v) is 3.68. The van der Waals surface area contributed by atoms with E-state index in [-0.39, 0.29) is 11.9 Å². The van der Waals surface area contributed by atoms with Gasteiger partial charge < -0.3 is 9.73 Å². The summed E-state index contributed by atoms with van der Waals surface area (Å²) >= 11 is 0. The first-order valence-electron chi connectivity index (χ1n) is 9.21. The molecule has 0 aliphatic carbocycles. The van der Waals surface area contributed by atoms with E-state index in [9.17, 15) is 4.79 Å². The first-order valence-corrected chi connectivity index (χ1v) is 9.21. The molecule has 138 valence electrons. The molecular weight excluding hydrogens is 326 g/mol. The Morgan fingerprint density at radius 1 is 1.23 bits per heavy atom. The number of aryl methyl sites for hydroxylation is 4. The van der Waals surface area contributed by atoms with Gasteiger partial charge in [0, 0.05) is 28.8 Å². The number of fused-ring (bicyclic) bond motifs is 1.